The van der Waals surface area contributed by atoms with Crippen LogP contribution in [0.3, 0.4) is 0 Å². The zero-order chi connectivity index (χ0) is 20.5. The Hall–Kier alpha value is -2.22. The number of hydrogen-bond acceptors (Lipinski definition) is 2. The maximum atomic E-state index is 4.17. The molecule has 28 heavy (non-hydrogen) atoms. The molecule has 0 aromatic heterocycles. The van der Waals surface area contributed by atoms with Gasteiger partial charge in [-0.25, -0.2) is 0 Å². The van der Waals surface area contributed by atoms with Crippen LogP contribution < -0.4 is 0 Å². The highest BCUT2D eigenvalue weighted by Crippen LogP contribution is 2.32. The summed E-state index contributed by atoms with van der Waals surface area (Å²) in [7, 11) is 0. The summed E-state index contributed by atoms with van der Waals surface area (Å²) in [6.07, 6.45) is 13.5. The molecule has 2 heteroatoms. The number of aliphatic imine (C=N–C) groups is 2. The molecule has 3 aliphatic rings. The second-order valence-corrected chi connectivity index (χ2v) is 8.43. The molecule has 0 saturated carbocycles. The van der Waals surface area contributed by atoms with Gasteiger partial charge >= 0.3 is 0 Å². The number of allylic oxidation sites excluding steroid dienone is 4. The van der Waals surface area contributed by atoms with Crippen LogP contribution in [0.4, 0.5) is 0 Å². The van der Waals surface area contributed by atoms with Crippen LogP contribution in [-0.2, 0) is 6.42 Å². The average Bonchev–Trinajstić information content (AvgIpc) is 3.44. The molecule has 0 radical (unpaired) electrons. The molecule has 1 aromatic carbocycles. The number of benzene rings is 1. The van der Waals surface area contributed by atoms with Gasteiger partial charge in [-0.05, 0) is 46.4 Å². The molecule has 1 aliphatic carbocycles. The van der Waals surface area contributed by atoms with Crippen molar-refractivity contribution in [2.24, 2.45) is 27.7 Å². The summed E-state index contributed by atoms with van der Waals surface area (Å²) in [5, 5.41) is 0. The van der Waals surface area contributed by atoms with Crippen molar-refractivity contribution in [1.82, 2.24) is 0 Å². The van der Waals surface area contributed by atoms with Gasteiger partial charge in [0.1, 0.15) is 0 Å². The highest BCUT2D eigenvalue weighted by molar-refractivity contribution is 5.89. The predicted octanol–water partition coefficient (Wildman–Crippen LogP) is 7.28. The van der Waals surface area contributed by atoms with Gasteiger partial charge in [0, 0.05) is 37.2 Å². The molecule has 2 aliphatic heterocycles. The van der Waals surface area contributed by atoms with E-state index in [4.69, 9.17) is 0 Å². The lowest BCUT2D eigenvalue weighted by Gasteiger charge is -2.08. The van der Waals surface area contributed by atoms with Crippen LogP contribution in [0.15, 0.2) is 64.4 Å². The van der Waals surface area contributed by atoms with Crippen molar-refractivity contribution in [3.05, 3.63) is 65.5 Å². The third-order valence-electron chi connectivity index (χ3n) is 5.25. The first-order valence-corrected chi connectivity index (χ1v) is 10.6. The fourth-order valence-corrected chi connectivity index (χ4v) is 3.36. The molecule has 0 unspecified atom stereocenters. The normalized spacial score (nSPS) is 16.4. The minimum Gasteiger partial charge on any atom is -0.269 e. The number of fused-ring (bicyclic) bond motifs is 1. The summed E-state index contributed by atoms with van der Waals surface area (Å²) < 4.78 is 0. The summed E-state index contributed by atoms with van der Waals surface area (Å²) in [6.45, 7) is 13.3. The zero-order valence-electron chi connectivity index (χ0n) is 18.4. The monoisotopic (exact) mass is 376 g/mol. The molecule has 0 bridgehead atoms. The minimum atomic E-state index is 0.630. The van der Waals surface area contributed by atoms with Crippen LogP contribution in [0.2, 0.25) is 0 Å². The first-order valence-electron chi connectivity index (χ1n) is 10.6. The molecule has 0 saturated heterocycles. The molecule has 0 atom stereocenters. The predicted molar refractivity (Wildman–Crippen MR) is 125 cm³/mol. The smallest absolute Gasteiger partial charge is 0.0262 e. The fourth-order valence-electron chi connectivity index (χ4n) is 3.36. The Kier molecular flexibility index (Phi) is 8.63. The lowest BCUT2D eigenvalue weighted by molar-refractivity contribution is 0.759. The summed E-state index contributed by atoms with van der Waals surface area (Å²) in [5.74, 6) is 1.97. The topological polar surface area (TPSA) is 24.7 Å². The van der Waals surface area contributed by atoms with Crippen molar-refractivity contribution in [1.29, 1.82) is 0 Å². The van der Waals surface area contributed by atoms with Gasteiger partial charge in [-0.1, -0.05) is 78.0 Å². The Morgan fingerprint density at radius 2 is 1.57 bits per heavy atom. The van der Waals surface area contributed by atoms with E-state index in [1.54, 1.807) is 0 Å². The molecule has 0 fully saturated rings. The molecular weight excluding hydrogens is 340 g/mol. The van der Waals surface area contributed by atoms with Crippen molar-refractivity contribution in [3.8, 4) is 0 Å². The summed E-state index contributed by atoms with van der Waals surface area (Å²) in [4.78, 5) is 8.17. The van der Waals surface area contributed by atoms with E-state index >= 15 is 0 Å². The van der Waals surface area contributed by atoms with Crippen LogP contribution in [0, 0.1) is 17.8 Å². The molecule has 2 nitrogen and oxygen atoms in total. The van der Waals surface area contributed by atoms with Gasteiger partial charge in [-0.2, -0.15) is 0 Å². The highest BCUT2D eigenvalue weighted by Gasteiger charge is 2.14. The third-order valence-corrected chi connectivity index (χ3v) is 5.25. The van der Waals surface area contributed by atoms with Crippen LogP contribution in [0.25, 0.3) is 5.57 Å². The van der Waals surface area contributed by atoms with Crippen molar-refractivity contribution >= 4 is 17.5 Å². The molecule has 2 heterocycles. The Morgan fingerprint density at radius 1 is 0.821 bits per heavy atom. The molecule has 0 N–H and O–H groups in total. The van der Waals surface area contributed by atoms with Gasteiger partial charge < -0.3 is 0 Å². The minimum absolute atomic E-state index is 0.630. The summed E-state index contributed by atoms with van der Waals surface area (Å²) >= 11 is 0. The maximum Gasteiger partial charge on any atom is 0.0262 e. The van der Waals surface area contributed by atoms with Crippen molar-refractivity contribution < 1.29 is 0 Å². The van der Waals surface area contributed by atoms with E-state index in [2.05, 4.69) is 87.9 Å². The summed E-state index contributed by atoms with van der Waals surface area (Å²) in [6, 6.07) is 8.70. The van der Waals surface area contributed by atoms with E-state index in [1.165, 1.54) is 28.0 Å². The zero-order valence-corrected chi connectivity index (χ0v) is 18.4. The number of nitrogens with zero attached hydrogens (tertiary/aromatic N) is 2. The van der Waals surface area contributed by atoms with Crippen molar-refractivity contribution in [3.63, 3.8) is 0 Å². The van der Waals surface area contributed by atoms with E-state index in [-0.39, 0.29) is 0 Å². The van der Waals surface area contributed by atoms with Crippen LogP contribution >= 0.6 is 0 Å². The van der Waals surface area contributed by atoms with Crippen LogP contribution in [0.5, 0.6) is 0 Å². The Morgan fingerprint density at radius 3 is 2.04 bits per heavy atom. The number of rotatable bonds is 3. The van der Waals surface area contributed by atoms with Gasteiger partial charge in [0.05, 0.1) is 0 Å². The molecule has 0 spiro atoms. The van der Waals surface area contributed by atoms with Crippen molar-refractivity contribution in [2.45, 2.75) is 60.8 Å². The first kappa shape index (κ1) is 22.1. The second-order valence-electron chi connectivity index (χ2n) is 8.43. The van der Waals surface area contributed by atoms with E-state index in [1.807, 2.05) is 18.6 Å². The lowest BCUT2D eigenvalue weighted by Crippen LogP contribution is -2.02. The largest absolute Gasteiger partial charge is 0.269 e. The van der Waals surface area contributed by atoms with Gasteiger partial charge in [-0.3, -0.25) is 9.98 Å². The van der Waals surface area contributed by atoms with E-state index in [9.17, 15) is 0 Å². The molecule has 1 aromatic rings. The van der Waals surface area contributed by atoms with E-state index < -0.39 is 0 Å². The lowest BCUT2D eigenvalue weighted by atomic mass is 9.97. The third kappa shape index (κ3) is 6.44. The second kappa shape index (κ2) is 10.9. The average molecular weight is 377 g/mol. The van der Waals surface area contributed by atoms with E-state index in [0.29, 0.717) is 17.8 Å². The molecule has 150 valence electrons. The Bertz CT molecular complexity index is 752. The van der Waals surface area contributed by atoms with Crippen LogP contribution in [-0.4, -0.2) is 11.9 Å². The van der Waals surface area contributed by atoms with Gasteiger partial charge in [0.25, 0.3) is 0 Å². The molecule has 0 amide bonds. The fraction of sp³-hybridized carbons (Fsp3) is 0.462. The van der Waals surface area contributed by atoms with Crippen LogP contribution in [0.1, 0.15) is 65.5 Å². The molecular formula is C26H36N2. The Labute approximate surface area is 171 Å². The van der Waals surface area contributed by atoms with Crippen molar-refractivity contribution in [2.75, 3.05) is 0 Å². The quantitative estimate of drug-likeness (QED) is 0.529. The maximum absolute atomic E-state index is 4.17. The SMILES string of the molecule is CC(C)C1=CCc2ccccc21.CC(C)C1=CN=CC1.CC(C)C1=NC=CC1. The standard InChI is InChI=1S/C12H14.2C7H11N/c1-9(2)11-8-7-10-5-3-4-6-12(10)11;1-6(2)7-3-4-8-5-7;1-6(2)7-4-3-5-8-7/h3-6,8-9H,7H2,1-2H3;4-6H,3H2,1-2H3;3,5-6H,4H2,1-2H3. The van der Waals surface area contributed by atoms with E-state index in [0.717, 1.165) is 19.3 Å². The number of hydrogen-bond donors (Lipinski definition) is 0. The van der Waals surface area contributed by atoms with Gasteiger partial charge in [-0.15, -0.1) is 0 Å². The summed E-state index contributed by atoms with van der Waals surface area (Å²) in [5.41, 5.74) is 7.23. The highest BCUT2D eigenvalue weighted by atomic mass is 14.7. The first-order chi connectivity index (χ1) is 13.4. The Balaban J connectivity index is 0.000000156. The molecule has 4 rings (SSSR count). The van der Waals surface area contributed by atoms with Gasteiger partial charge in [0.15, 0.2) is 0 Å². The van der Waals surface area contributed by atoms with Gasteiger partial charge in [0.2, 0.25) is 0 Å².